The van der Waals surface area contributed by atoms with Gasteiger partial charge in [-0.2, -0.15) is 0 Å². The van der Waals surface area contributed by atoms with E-state index < -0.39 is 5.97 Å². The summed E-state index contributed by atoms with van der Waals surface area (Å²) in [5, 5.41) is 19.9. The van der Waals surface area contributed by atoms with Crippen molar-refractivity contribution in [3.05, 3.63) is 101 Å². The van der Waals surface area contributed by atoms with Gasteiger partial charge in [0.15, 0.2) is 0 Å². The van der Waals surface area contributed by atoms with Crippen LogP contribution in [0, 0.1) is 0 Å². The molecule has 7 rings (SSSR count). The van der Waals surface area contributed by atoms with Crippen molar-refractivity contribution in [2.75, 3.05) is 12.4 Å². The molecule has 3 aromatic carbocycles. The van der Waals surface area contributed by atoms with Crippen LogP contribution in [0.4, 0.5) is 5.69 Å². The van der Waals surface area contributed by atoms with Gasteiger partial charge in [0.05, 0.1) is 18.2 Å². The molecule has 3 N–H and O–H groups in total. The molecule has 4 aromatic heterocycles. The van der Waals surface area contributed by atoms with Crippen molar-refractivity contribution in [1.29, 1.82) is 0 Å². The number of anilines is 1. The Hall–Kier alpha value is -4.99. The molecule has 7 nitrogen and oxygen atoms in total. The van der Waals surface area contributed by atoms with Crippen LogP contribution >= 0.6 is 22.7 Å². The Labute approximate surface area is 241 Å². The van der Waals surface area contributed by atoms with Gasteiger partial charge < -0.3 is 20.1 Å². The molecule has 0 aliphatic rings. The minimum atomic E-state index is -1.10. The van der Waals surface area contributed by atoms with Gasteiger partial charge in [0.2, 0.25) is 0 Å². The van der Waals surface area contributed by atoms with Crippen molar-refractivity contribution in [2.45, 2.75) is 0 Å². The van der Waals surface area contributed by atoms with Crippen molar-refractivity contribution < 1.29 is 19.4 Å². The number of carbonyl (C=O) groups excluding carboxylic acids is 1. The Balaban J connectivity index is 1.45. The lowest BCUT2D eigenvalue weighted by Crippen LogP contribution is -2.14. The molecule has 0 fully saturated rings. The van der Waals surface area contributed by atoms with E-state index in [1.165, 1.54) is 22.7 Å². The number of amides is 1. The second-order valence-corrected chi connectivity index (χ2v) is 11.4. The third-order valence-electron chi connectivity index (χ3n) is 7.12. The summed E-state index contributed by atoms with van der Waals surface area (Å²) >= 11 is 3.07. The third kappa shape index (κ3) is 4.32. The summed E-state index contributed by atoms with van der Waals surface area (Å²) in [6.07, 6.45) is 3.62. The fraction of sp³-hybridized carbons (Fsp3) is 0.0312. The molecular formula is C32H21N3O4S2. The van der Waals surface area contributed by atoms with Gasteiger partial charge in [-0.05, 0) is 82.6 Å². The van der Waals surface area contributed by atoms with Crippen LogP contribution in [0.25, 0.3) is 53.5 Å². The number of carboxylic acids is 1. The number of pyridine rings is 1. The lowest BCUT2D eigenvalue weighted by atomic mass is 9.91. The summed E-state index contributed by atoms with van der Waals surface area (Å²) in [5.74, 6) is -0.930. The van der Waals surface area contributed by atoms with Gasteiger partial charge in [0, 0.05) is 60.5 Å². The van der Waals surface area contributed by atoms with Gasteiger partial charge in [-0.25, -0.2) is 4.79 Å². The lowest BCUT2D eigenvalue weighted by molar-refractivity contribution is 0.0697. The number of hydrogen-bond donors (Lipinski definition) is 3. The highest BCUT2D eigenvalue weighted by Gasteiger charge is 2.24. The molecule has 0 bridgehead atoms. The number of aromatic amines is 1. The maximum atomic E-state index is 14.0. The second-order valence-electron chi connectivity index (χ2n) is 9.49. The van der Waals surface area contributed by atoms with E-state index in [4.69, 9.17) is 4.74 Å². The maximum absolute atomic E-state index is 14.0. The Morgan fingerprint density at radius 1 is 0.902 bits per heavy atom. The number of nitrogens with one attached hydrogen (secondary N) is 2. The van der Waals surface area contributed by atoms with Crippen LogP contribution in [0.2, 0.25) is 0 Å². The van der Waals surface area contributed by atoms with Crippen LogP contribution in [0.3, 0.4) is 0 Å². The molecule has 0 unspecified atom stereocenters. The van der Waals surface area contributed by atoms with Gasteiger partial charge >= 0.3 is 5.97 Å². The number of rotatable bonds is 6. The first-order valence-electron chi connectivity index (χ1n) is 12.7. The molecule has 41 heavy (non-hydrogen) atoms. The topological polar surface area (TPSA) is 104 Å². The number of aromatic carboxylic acids is 1. The van der Waals surface area contributed by atoms with E-state index in [2.05, 4.69) is 15.3 Å². The van der Waals surface area contributed by atoms with E-state index in [1.807, 2.05) is 59.4 Å². The Morgan fingerprint density at radius 3 is 2.59 bits per heavy atom. The van der Waals surface area contributed by atoms with Gasteiger partial charge in [0.1, 0.15) is 5.75 Å². The first-order valence-corrected chi connectivity index (χ1v) is 14.4. The summed E-state index contributed by atoms with van der Waals surface area (Å²) in [7, 11) is 1.57. The second kappa shape index (κ2) is 9.88. The molecule has 0 saturated carbocycles. The van der Waals surface area contributed by atoms with Crippen molar-refractivity contribution >= 4 is 72.1 Å². The standard InChI is InChI=1S/C32H21N3O4S2/c1-39-28-15-21(20-14-27-24(13-23(20)32(37)38)30-18(16-34-27)7-10-41-30)22(12-25(28)29-3-2-9-40-29)31(36)35-19-4-5-26-17(11-19)6-8-33-26/h2-16,33H,1H3,(H,35,36)(H,37,38). The molecule has 0 radical (unpaired) electrons. The highest BCUT2D eigenvalue weighted by atomic mass is 32.1. The zero-order valence-electron chi connectivity index (χ0n) is 21.6. The fourth-order valence-corrected chi connectivity index (χ4v) is 6.81. The summed E-state index contributed by atoms with van der Waals surface area (Å²) in [6, 6.07) is 20.3. The number of hydrogen-bond acceptors (Lipinski definition) is 6. The first-order chi connectivity index (χ1) is 20.0. The molecule has 200 valence electrons. The minimum Gasteiger partial charge on any atom is -0.496 e. The zero-order chi connectivity index (χ0) is 28.1. The van der Waals surface area contributed by atoms with Crippen molar-refractivity contribution in [3.8, 4) is 27.3 Å². The molecule has 9 heteroatoms. The number of carboxylic acid groups (broad SMARTS) is 1. The fourth-order valence-electron chi connectivity index (χ4n) is 5.17. The molecule has 0 spiro atoms. The third-order valence-corrected chi connectivity index (χ3v) is 8.99. The van der Waals surface area contributed by atoms with Crippen LogP contribution in [0.15, 0.2) is 89.9 Å². The van der Waals surface area contributed by atoms with Gasteiger partial charge in [-0.1, -0.05) is 6.07 Å². The quantitative estimate of drug-likeness (QED) is 0.185. The largest absolute Gasteiger partial charge is 0.496 e. The molecule has 0 saturated heterocycles. The number of carbonyl (C=O) groups is 2. The molecule has 4 heterocycles. The summed E-state index contributed by atoms with van der Waals surface area (Å²) in [6.45, 7) is 0. The highest BCUT2D eigenvalue weighted by Crippen LogP contribution is 2.41. The number of thiophene rings is 2. The number of H-pyrrole nitrogens is 1. The molecular weight excluding hydrogens is 555 g/mol. The summed E-state index contributed by atoms with van der Waals surface area (Å²) in [5.41, 5.74) is 4.20. The predicted octanol–water partition coefficient (Wildman–Crippen LogP) is 8.29. The Morgan fingerprint density at radius 2 is 1.78 bits per heavy atom. The smallest absolute Gasteiger partial charge is 0.336 e. The van der Waals surface area contributed by atoms with Crippen molar-refractivity contribution in [1.82, 2.24) is 9.97 Å². The highest BCUT2D eigenvalue weighted by molar-refractivity contribution is 7.18. The number of fused-ring (bicyclic) bond motifs is 4. The number of nitrogens with zero attached hydrogens (tertiary/aromatic N) is 1. The van der Waals surface area contributed by atoms with E-state index in [1.54, 1.807) is 37.6 Å². The van der Waals surface area contributed by atoms with Crippen molar-refractivity contribution in [3.63, 3.8) is 0 Å². The molecule has 0 aliphatic carbocycles. The van der Waals surface area contributed by atoms with E-state index in [9.17, 15) is 14.7 Å². The number of methoxy groups -OCH3 is 1. The van der Waals surface area contributed by atoms with Gasteiger partial charge in [0.25, 0.3) is 5.91 Å². The summed E-state index contributed by atoms with van der Waals surface area (Å²) in [4.78, 5) is 35.3. The molecule has 1 amide bonds. The Bertz CT molecular complexity index is 2130. The number of ether oxygens (including phenoxy) is 1. The van der Waals surface area contributed by atoms with E-state index >= 15 is 0 Å². The predicted molar refractivity (Wildman–Crippen MR) is 166 cm³/mol. The van der Waals surface area contributed by atoms with Gasteiger partial charge in [-0.15, -0.1) is 22.7 Å². The molecule has 0 atom stereocenters. The minimum absolute atomic E-state index is 0.0777. The van der Waals surface area contributed by atoms with E-state index in [-0.39, 0.29) is 11.5 Å². The SMILES string of the molecule is COc1cc(-c2cc3ncc4ccsc4c3cc2C(=O)O)c(C(=O)Nc2ccc3[nH]ccc3c2)cc1-c1cccs1. The Kier molecular flexibility index (Phi) is 6.03. The van der Waals surface area contributed by atoms with Crippen molar-refractivity contribution in [2.24, 2.45) is 0 Å². The summed E-state index contributed by atoms with van der Waals surface area (Å²) < 4.78 is 6.73. The van der Waals surface area contributed by atoms with E-state index in [0.717, 1.165) is 36.8 Å². The van der Waals surface area contributed by atoms with Crippen LogP contribution in [0.1, 0.15) is 20.7 Å². The average Bonchev–Trinajstić information content (AvgIpc) is 3.77. The van der Waals surface area contributed by atoms with Gasteiger partial charge in [-0.3, -0.25) is 9.78 Å². The number of aromatic nitrogens is 2. The van der Waals surface area contributed by atoms with Crippen LogP contribution in [-0.4, -0.2) is 34.1 Å². The number of benzene rings is 3. The maximum Gasteiger partial charge on any atom is 0.336 e. The van der Waals surface area contributed by atoms with E-state index in [0.29, 0.717) is 33.6 Å². The van der Waals surface area contributed by atoms with Crippen LogP contribution in [-0.2, 0) is 0 Å². The zero-order valence-corrected chi connectivity index (χ0v) is 23.2. The normalized spacial score (nSPS) is 11.3. The lowest BCUT2D eigenvalue weighted by Gasteiger charge is -2.17. The van der Waals surface area contributed by atoms with Crippen LogP contribution < -0.4 is 10.1 Å². The monoisotopic (exact) mass is 575 g/mol. The first kappa shape index (κ1) is 25.0. The average molecular weight is 576 g/mol. The molecule has 7 aromatic rings. The molecule has 0 aliphatic heterocycles. The van der Waals surface area contributed by atoms with Crippen LogP contribution in [0.5, 0.6) is 5.75 Å².